The first-order valence-electron chi connectivity index (χ1n) is 7.88. The van der Waals surface area contributed by atoms with Gasteiger partial charge < -0.3 is 18.8 Å². The van der Waals surface area contributed by atoms with Crippen LogP contribution in [0.4, 0.5) is 0 Å². The van der Waals surface area contributed by atoms with Crippen molar-refractivity contribution in [2.75, 3.05) is 32.9 Å². The van der Waals surface area contributed by atoms with Gasteiger partial charge in [-0.05, 0) is 31.4 Å². The number of piperidine rings is 1. The first-order valence-corrected chi connectivity index (χ1v) is 7.88. The normalized spacial score (nSPS) is 28.2. The number of amides is 1. The molecule has 3 heterocycles. The molecule has 1 aromatic heterocycles. The largest absolute Gasteiger partial charge is 0.459 e. The molecular weight excluding hydrogens is 282 g/mol. The number of carbonyl (C=O) groups is 1. The standard InChI is InChI=1S/C17H23NO4/c1-2-9-20-13-17-7-4-11-22-15(17)6-8-18(12-17)16(19)14-5-3-10-21-14/h2-3,5,10,15H,1,4,6-9,11-13H2. The van der Waals surface area contributed by atoms with Gasteiger partial charge in [-0.3, -0.25) is 4.79 Å². The summed E-state index contributed by atoms with van der Waals surface area (Å²) in [6.45, 7) is 6.99. The van der Waals surface area contributed by atoms with Gasteiger partial charge in [-0.15, -0.1) is 6.58 Å². The second-order valence-corrected chi connectivity index (χ2v) is 6.12. The van der Waals surface area contributed by atoms with Gasteiger partial charge >= 0.3 is 0 Å². The van der Waals surface area contributed by atoms with Crippen LogP contribution in [0, 0.1) is 5.41 Å². The van der Waals surface area contributed by atoms with E-state index in [2.05, 4.69) is 6.58 Å². The minimum absolute atomic E-state index is 0.0443. The Morgan fingerprint density at radius 2 is 2.50 bits per heavy atom. The second kappa shape index (κ2) is 6.67. The van der Waals surface area contributed by atoms with Crippen LogP contribution in [0.15, 0.2) is 35.5 Å². The molecule has 0 aromatic carbocycles. The molecule has 2 aliphatic rings. The highest BCUT2D eigenvalue weighted by Gasteiger charge is 2.47. The Labute approximate surface area is 130 Å². The summed E-state index contributed by atoms with van der Waals surface area (Å²) < 4.78 is 17.0. The molecule has 2 fully saturated rings. The van der Waals surface area contributed by atoms with Crippen molar-refractivity contribution >= 4 is 5.91 Å². The Morgan fingerprint density at radius 1 is 1.59 bits per heavy atom. The number of likely N-dealkylation sites (tertiary alicyclic amines) is 1. The van der Waals surface area contributed by atoms with Gasteiger partial charge in [0, 0.05) is 25.1 Å². The van der Waals surface area contributed by atoms with Crippen molar-refractivity contribution in [2.45, 2.75) is 25.4 Å². The lowest BCUT2D eigenvalue weighted by Gasteiger charge is -2.50. The molecule has 5 heteroatoms. The van der Waals surface area contributed by atoms with Crippen LogP contribution in [0.2, 0.25) is 0 Å². The molecule has 22 heavy (non-hydrogen) atoms. The third-order valence-electron chi connectivity index (χ3n) is 4.63. The van der Waals surface area contributed by atoms with Gasteiger partial charge in [-0.1, -0.05) is 6.08 Å². The van der Waals surface area contributed by atoms with Crippen molar-refractivity contribution in [1.82, 2.24) is 4.90 Å². The van der Waals surface area contributed by atoms with Crippen LogP contribution in [-0.4, -0.2) is 49.8 Å². The third kappa shape index (κ3) is 2.96. The van der Waals surface area contributed by atoms with E-state index in [0.717, 1.165) is 25.9 Å². The van der Waals surface area contributed by atoms with E-state index >= 15 is 0 Å². The molecule has 2 saturated heterocycles. The van der Waals surface area contributed by atoms with Crippen LogP contribution in [0.25, 0.3) is 0 Å². The molecule has 2 aliphatic heterocycles. The van der Waals surface area contributed by atoms with E-state index in [1.165, 1.54) is 6.26 Å². The van der Waals surface area contributed by atoms with Crippen molar-refractivity contribution in [3.8, 4) is 0 Å². The van der Waals surface area contributed by atoms with Crippen molar-refractivity contribution < 1.29 is 18.7 Å². The first kappa shape index (κ1) is 15.3. The molecule has 5 nitrogen and oxygen atoms in total. The molecule has 0 spiro atoms. The summed E-state index contributed by atoms with van der Waals surface area (Å²) in [7, 11) is 0. The van der Waals surface area contributed by atoms with Crippen LogP contribution in [-0.2, 0) is 9.47 Å². The molecule has 2 unspecified atom stereocenters. The van der Waals surface area contributed by atoms with Gasteiger partial charge in [0.15, 0.2) is 5.76 Å². The highest BCUT2D eigenvalue weighted by atomic mass is 16.5. The third-order valence-corrected chi connectivity index (χ3v) is 4.63. The minimum atomic E-state index is -0.109. The summed E-state index contributed by atoms with van der Waals surface area (Å²) >= 11 is 0. The van der Waals surface area contributed by atoms with E-state index in [1.807, 2.05) is 4.90 Å². The van der Waals surface area contributed by atoms with Crippen LogP contribution < -0.4 is 0 Å². The zero-order chi connectivity index (χ0) is 15.4. The van der Waals surface area contributed by atoms with E-state index in [9.17, 15) is 4.79 Å². The van der Waals surface area contributed by atoms with Crippen molar-refractivity contribution in [2.24, 2.45) is 5.41 Å². The molecule has 0 saturated carbocycles. The number of rotatable bonds is 5. The van der Waals surface area contributed by atoms with Crippen LogP contribution >= 0.6 is 0 Å². The van der Waals surface area contributed by atoms with E-state index in [4.69, 9.17) is 13.9 Å². The molecule has 1 amide bonds. The molecular formula is C17H23NO4. The first-order chi connectivity index (χ1) is 10.7. The number of ether oxygens (including phenoxy) is 2. The van der Waals surface area contributed by atoms with Crippen LogP contribution in [0.3, 0.4) is 0 Å². The highest BCUT2D eigenvalue weighted by Crippen LogP contribution is 2.40. The summed E-state index contributed by atoms with van der Waals surface area (Å²) in [5.74, 6) is 0.356. The quantitative estimate of drug-likeness (QED) is 0.619. The molecule has 3 rings (SSSR count). The van der Waals surface area contributed by atoms with E-state index in [1.54, 1.807) is 18.2 Å². The number of furan rings is 1. The number of nitrogens with zero attached hydrogens (tertiary/aromatic N) is 1. The van der Waals surface area contributed by atoms with Crippen molar-refractivity contribution in [3.05, 3.63) is 36.8 Å². The fourth-order valence-corrected chi connectivity index (χ4v) is 3.58. The van der Waals surface area contributed by atoms with Gasteiger partial charge in [-0.2, -0.15) is 0 Å². The molecule has 1 aromatic rings. The molecule has 0 radical (unpaired) electrons. The van der Waals surface area contributed by atoms with E-state index in [-0.39, 0.29) is 17.4 Å². The Balaban J connectivity index is 1.74. The summed E-state index contributed by atoms with van der Waals surface area (Å²) in [5, 5.41) is 0. The monoisotopic (exact) mass is 305 g/mol. The maximum Gasteiger partial charge on any atom is 0.289 e. The number of hydrogen-bond acceptors (Lipinski definition) is 4. The Kier molecular flexibility index (Phi) is 4.64. The maximum absolute atomic E-state index is 12.5. The lowest BCUT2D eigenvalue weighted by atomic mass is 9.73. The Hall–Kier alpha value is -1.59. The molecule has 2 atom stereocenters. The predicted octanol–water partition coefficient (Wildman–Crippen LogP) is 2.49. The van der Waals surface area contributed by atoms with E-state index < -0.39 is 0 Å². The second-order valence-electron chi connectivity index (χ2n) is 6.12. The summed E-state index contributed by atoms with van der Waals surface area (Å²) in [6, 6.07) is 3.46. The number of fused-ring (bicyclic) bond motifs is 1. The van der Waals surface area contributed by atoms with Gasteiger partial charge in [0.05, 0.1) is 25.6 Å². The zero-order valence-corrected chi connectivity index (χ0v) is 12.8. The summed E-state index contributed by atoms with van der Waals surface area (Å²) in [4.78, 5) is 14.4. The van der Waals surface area contributed by atoms with Crippen LogP contribution in [0.5, 0.6) is 0 Å². The number of carbonyl (C=O) groups excluding carboxylic acids is 1. The minimum Gasteiger partial charge on any atom is -0.459 e. The maximum atomic E-state index is 12.5. The zero-order valence-electron chi connectivity index (χ0n) is 12.8. The van der Waals surface area contributed by atoms with Gasteiger partial charge in [-0.25, -0.2) is 0 Å². The highest BCUT2D eigenvalue weighted by molar-refractivity contribution is 5.91. The fraction of sp³-hybridized carbons (Fsp3) is 0.588. The SMILES string of the molecule is C=CCOCC12CCCOC1CCN(C(=O)c1ccco1)C2. The van der Waals surface area contributed by atoms with Crippen LogP contribution in [0.1, 0.15) is 29.8 Å². The molecule has 0 bridgehead atoms. The molecule has 0 aliphatic carbocycles. The lowest BCUT2D eigenvalue weighted by molar-refractivity contribution is -0.145. The number of hydrogen-bond donors (Lipinski definition) is 0. The van der Waals surface area contributed by atoms with Gasteiger partial charge in [0.1, 0.15) is 0 Å². The Bertz CT molecular complexity index is 513. The lowest BCUT2D eigenvalue weighted by Crippen LogP contribution is -2.58. The predicted molar refractivity (Wildman–Crippen MR) is 81.7 cm³/mol. The molecule has 0 N–H and O–H groups in total. The topological polar surface area (TPSA) is 51.9 Å². The van der Waals surface area contributed by atoms with E-state index in [0.29, 0.717) is 32.1 Å². The molecule has 120 valence electrons. The van der Waals surface area contributed by atoms with Crippen molar-refractivity contribution in [1.29, 1.82) is 0 Å². The fourth-order valence-electron chi connectivity index (χ4n) is 3.58. The van der Waals surface area contributed by atoms with Gasteiger partial charge in [0.25, 0.3) is 5.91 Å². The average molecular weight is 305 g/mol. The van der Waals surface area contributed by atoms with Gasteiger partial charge in [0.2, 0.25) is 0 Å². The average Bonchev–Trinajstić information content (AvgIpc) is 3.08. The smallest absolute Gasteiger partial charge is 0.289 e. The summed E-state index contributed by atoms with van der Waals surface area (Å²) in [6.07, 6.45) is 6.35. The Morgan fingerprint density at radius 3 is 3.27 bits per heavy atom. The van der Waals surface area contributed by atoms with Crippen molar-refractivity contribution in [3.63, 3.8) is 0 Å². The summed E-state index contributed by atoms with van der Waals surface area (Å²) in [5.41, 5.74) is -0.109.